The molecule has 0 fully saturated rings. The molecule has 0 saturated heterocycles. The van der Waals surface area contributed by atoms with E-state index in [2.05, 4.69) is 0 Å². The zero-order valence-corrected chi connectivity index (χ0v) is 13.0. The molecule has 1 unspecified atom stereocenters. The Morgan fingerprint density at radius 3 is 2.33 bits per heavy atom. The molecule has 0 aromatic heterocycles. The van der Waals surface area contributed by atoms with Gasteiger partial charge in [-0.25, -0.2) is 4.79 Å². The van der Waals surface area contributed by atoms with Gasteiger partial charge >= 0.3 is 11.9 Å². The summed E-state index contributed by atoms with van der Waals surface area (Å²) in [4.78, 5) is 22.6. The maximum absolute atomic E-state index is 11.4. The van der Waals surface area contributed by atoms with E-state index in [1.54, 1.807) is 6.92 Å². The number of carboxylic acids is 1. The van der Waals surface area contributed by atoms with E-state index in [1.165, 1.54) is 6.92 Å². The molecular weight excluding hydrogens is 272 g/mol. The predicted octanol–water partition coefficient (Wildman–Crippen LogP) is 2.71. The second kappa shape index (κ2) is 5.06. The van der Waals surface area contributed by atoms with E-state index < -0.39 is 11.6 Å². The van der Waals surface area contributed by atoms with Gasteiger partial charge in [-0.05, 0) is 50.8 Å². The topological polar surface area (TPSA) is 72.8 Å². The molecule has 0 spiro atoms. The van der Waals surface area contributed by atoms with Crippen LogP contribution in [0.4, 0.5) is 0 Å². The number of carboxylic acid groups (broad SMARTS) is 1. The van der Waals surface area contributed by atoms with Crippen LogP contribution in [0.5, 0.6) is 11.5 Å². The largest absolute Gasteiger partial charge is 0.478 e. The fraction of sp³-hybridized carbons (Fsp3) is 0.500. The van der Waals surface area contributed by atoms with Crippen molar-refractivity contribution in [2.24, 2.45) is 0 Å². The van der Waals surface area contributed by atoms with Gasteiger partial charge in [-0.15, -0.1) is 0 Å². The van der Waals surface area contributed by atoms with Crippen molar-refractivity contribution in [3.63, 3.8) is 0 Å². The highest BCUT2D eigenvalue weighted by Crippen LogP contribution is 2.43. The van der Waals surface area contributed by atoms with Crippen molar-refractivity contribution in [2.75, 3.05) is 0 Å². The van der Waals surface area contributed by atoms with E-state index in [9.17, 15) is 14.7 Å². The molecule has 21 heavy (non-hydrogen) atoms. The maximum atomic E-state index is 11.4. The number of hydrogen-bond acceptors (Lipinski definition) is 4. The van der Waals surface area contributed by atoms with Gasteiger partial charge in [-0.3, -0.25) is 4.79 Å². The van der Waals surface area contributed by atoms with Gasteiger partial charge < -0.3 is 14.6 Å². The third-order valence-corrected chi connectivity index (χ3v) is 4.19. The molecule has 5 nitrogen and oxygen atoms in total. The van der Waals surface area contributed by atoms with Gasteiger partial charge in [-0.1, -0.05) is 0 Å². The number of aliphatic carboxylic acids is 1. The van der Waals surface area contributed by atoms with E-state index in [-0.39, 0.29) is 5.97 Å². The predicted molar refractivity (Wildman–Crippen MR) is 77.0 cm³/mol. The SMILES string of the molecule is CC(=O)Oc1c(C)c(C)c2c(c1C)CCC(C)(C(=O)O)O2. The van der Waals surface area contributed by atoms with Crippen molar-refractivity contribution in [3.05, 3.63) is 22.3 Å². The number of hydrogen-bond donors (Lipinski definition) is 1. The molecule has 1 aromatic rings. The average Bonchev–Trinajstić information content (AvgIpc) is 2.40. The third kappa shape index (κ3) is 2.48. The first kappa shape index (κ1) is 15.4. The number of carbonyl (C=O) groups excluding carboxylic acids is 1. The summed E-state index contributed by atoms with van der Waals surface area (Å²) in [5.74, 6) is -0.169. The second-order valence-electron chi connectivity index (χ2n) is 5.74. The summed E-state index contributed by atoms with van der Waals surface area (Å²) < 4.78 is 11.1. The number of benzene rings is 1. The maximum Gasteiger partial charge on any atom is 0.347 e. The van der Waals surface area contributed by atoms with Crippen LogP contribution in [0.2, 0.25) is 0 Å². The van der Waals surface area contributed by atoms with Gasteiger partial charge in [0.05, 0.1) is 0 Å². The van der Waals surface area contributed by atoms with Crippen LogP contribution in [0, 0.1) is 20.8 Å². The number of rotatable bonds is 2. The van der Waals surface area contributed by atoms with Crippen LogP contribution in [0.1, 0.15) is 42.5 Å². The minimum Gasteiger partial charge on any atom is -0.478 e. The quantitative estimate of drug-likeness (QED) is 0.670. The highest BCUT2D eigenvalue weighted by Gasteiger charge is 2.41. The lowest BCUT2D eigenvalue weighted by Crippen LogP contribution is -2.44. The smallest absolute Gasteiger partial charge is 0.347 e. The summed E-state index contributed by atoms with van der Waals surface area (Å²) in [5.41, 5.74) is 2.18. The first-order chi connectivity index (χ1) is 9.67. The van der Waals surface area contributed by atoms with Crippen molar-refractivity contribution < 1.29 is 24.2 Å². The van der Waals surface area contributed by atoms with Gasteiger partial charge in [-0.2, -0.15) is 0 Å². The summed E-state index contributed by atoms with van der Waals surface area (Å²) in [7, 11) is 0. The van der Waals surface area contributed by atoms with E-state index >= 15 is 0 Å². The van der Waals surface area contributed by atoms with Gasteiger partial charge in [0.2, 0.25) is 5.60 Å². The first-order valence-corrected chi connectivity index (χ1v) is 6.91. The van der Waals surface area contributed by atoms with Crippen LogP contribution in [0.25, 0.3) is 0 Å². The Morgan fingerprint density at radius 2 is 1.81 bits per heavy atom. The summed E-state index contributed by atoms with van der Waals surface area (Å²) >= 11 is 0. The number of esters is 1. The number of carbonyl (C=O) groups is 2. The summed E-state index contributed by atoms with van der Waals surface area (Å²) in [5, 5.41) is 9.33. The molecule has 1 N–H and O–H groups in total. The second-order valence-corrected chi connectivity index (χ2v) is 5.74. The Bertz CT molecular complexity index is 632. The Kier molecular flexibility index (Phi) is 3.70. The standard InChI is InChI=1S/C16H20O5/c1-8-9(2)14-12(10(3)13(8)20-11(4)17)6-7-16(5,21-14)15(18)19/h6-7H2,1-5H3,(H,18,19). The van der Waals surface area contributed by atoms with E-state index in [0.717, 1.165) is 22.3 Å². The molecule has 0 saturated carbocycles. The van der Waals surface area contributed by atoms with Crippen LogP contribution >= 0.6 is 0 Å². The van der Waals surface area contributed by atoms with Crippen molar-refractivity contribution in [3.8, 4) is 11.5 Å². The molecule has 0 radical (unpaired) electrons. The molecule has 5 heteroatoms. The molecule has 114 valence electrons. The molecule has 1 aliphatic heterocycles. The Hall–Kier alpha value is -2.04. The Balaban J connectivity index is 2.59. The van der Waals surface area contributed by atoms with E-state index in [1.807, 2.05) is 20.8 Å². The summed E-state index contributed by atoms with van der Waals surface area (Å²) in [6.45, 7) is 8.52. The third-order valence-electron chi connectivity index (χ3n) is 4.19. The molecule has 1 atom stereocenters. The molecule has 0 bridgehead atoms. The molecule has 1 aliphatic rings. The van der Waals surface area contributed by atoms with E-state index in [0.29, 0.717) is 24.3 Å². The lowest BCUT2D eigenvalue weighted by molar-refractivity contribution is -0.155. The molecule has 1 heterocycles. The van der Waals surface area contributed by atoms with Crippen molar-refractivity contribution >= 4 is 11.9 Å². The molecular formula is C16H20O5. The fourth-order valence-corrected chi connectivity index (χ4v) is 2.68. The normalized spacial score (nSPS) is 20.4. The van der Waals surface area contributed by atoms with Gasteiger partial charge in [0.15, 0.2) is 0 Å². The van der Waals surface area contributed by atoms with Gasteiger partial charge in [0.1, 0.15) is 11.5 Å². The Morgan fingerprint density at radius 1 is 1.19 bits per heavy atom. The average molecular weight is 292 g/mol. The molecule has 2 rings (SSSR count). The highest BCUT2D eigenvalue weighted by molar-refractivity contribution is 5.79. The number of fused-ring (bicyclic) bond motifs is 1. The number of ether oxygens (including phenoxy) is 2. The van der Waals surface area contributed by atoms with Crippen LogP contribution in [-0.2, 0) is 16.0 Å². The fourth-order valence-electron chi connectivity index (χ4n) is 2.68. The minimum atomic E-state index is -1.21. The van der Waals surface area contributed by atoms with Crippen molar-refractivity contribution in [1.29, 1.82) is 0 Å². The van der Waals surface area contributed by atoms with Crippen molar-refractivity contribution in [2.45, 2.75) is 53.1 Å². The van der Waals surface area contributed by atoms with Crippen LogP contribution < -0.4 is 9.47 Å². The van der Waals surface area contributed by atoms with Crippen LogP contribution in [0.3, 0.4) is 0 Å². The summed E-state index contributed by atoms with van der Waals surface area (Å²) in [6, 6.07) is 0. The minimum absolute atomic E-state index is 0.368. The first-order valence-electron chi connectivity index (χ1n) is 6.91. The monoisotopic (exact) mass is 292 g/mol. The van der Waals surface area contributed by atoms with Crippen molar-refractivity contribution in [1.82, 2.24) is 0 Å². The summed E-state index contributed by atoms with van der Waals surface area (Å²) in [6.07, 6.45) is 0.970. The molecule has 0 aliphatic carbocycles. The van der Waals surface area contributed by atoms with Gasteiger partial charge in [0.25, 0.3) is 0 Å². The lowest BCUT2D eigenvalue weighted by Gasteiger charge is -2.35. The zero-order valence-electron chi connectivity index (χ0n) is 13.0. The Labute approximate surface area is 123 Å². The zero-order chi connectivity index (χ0) is 15.9. The van der Waals surface area contributed by atoms with Crippen LogP contribution in [-0.4, -0.2) is 22.6 Å². The van der Waals surface area contributed by atoms with Gasteiger partial charge in [0, 0.05) is 18.9 Å². The van der Waals surface area contributed by atoms with Crippen LogP contribution in [0.15, 0.2) is 0 Å². The lowest BCUT2D eigenvalue weighted by atomic mass is 9.87. The highest BCUT2D eigenvalue weighted by atomic mass is 16.5. The molecule has 0 amide bonds. The van der Waals surface area contributed by atoms with E-state index in [4.69, 9.17) is 9.47 Å². The molecule has 1 aromatic carbocycles.